The number of benzene rings is 2. The van der Waals surface area contributed by atoms with Gasteiger partial charge in [0, 0.05) is 18.1 Å². The lowest BCUT2D eigenvalue weighted by atomic mass is 10.1. The monoisotopic (exact) mass is 519 g/mol. The highest BCUT2D eigenvalue weighted by Crippen LogP contribution is 2.32. The molecule has 0 aliphatic heterocycles. The number of rotatable bonds is 9. The van der Waals surface area contributed by atoms with Gasteiger partial charge in [0.2, 0.25) is 21.8 Å². The van der Waals surface area contributed by atoms with Gasteiger partial charge in [0.15, 0.2) is 0 Å². The number of halogens is 4. The lowest BCUT2D eigenvalue weighted by Gasteiger charge is -2.31. The van der Waals surface area contributed by atoms with Crippen LogP contribution >= 0.6 is 11.6 Å². The fourth-order valence-corrected chi connectivity index (χ4v) is 4.11. The molecule has 0 fully saturated rings. The van der Waals surface area contributed by atoms with Crippen LogP contribution in [0.15, 0.2) is 48.5 Å². The summed E-state index contributed by atoms with van der Waals surface area (Å²) in [4.78, 5) is 26.9. The van der Waals surface area contributed by atoms with Crippen LogP contribution in [0.2, 0.25) is 5.02 Å². The summed E-state index contributed by atoms with van der Waals surface area (Å²) < 4.78 is 64.9. The minimum absolute atomic E-state index is 0.0471. The zero-order valence-corrected chi connectivity index (χ0v) is 20.3. The van der Waals surface area contributed by atoms with Crippen LogP contribution in [0, 0.1) is 0 Å². The summed E-state index contributed by atoms with van der Waals surface area (Å²) in [6, 6.07) is 9.20. The second kappa shape index (κ2) is 11.1. The number of amides is 2. The molecule has 12 heteroatoms. The molecule has 0 aliphatic carbocycles. The molecule has 2 aromatic carbocycles. The molecule has 0 aliphatic rings. The van der Waals surface area contributed by atoms with Gasteiger partial charge in [-0.2, -0.15) is 13.2 Å². The first-order valence-corrected chi connectivity index (χ1v) is 12.4. The van der Waals surface area contributed by atoms with Gasteiger partial charge in [-0.15, -0.1) is 0 Å². The van der Waals surface area contributed by atoms with E-state index in [9.17, 15) is 31.2 Å². The molecule has 34 heavy (non-hydrogen) atoms. The third-order valence-electron chi connectivity index (χ3n) is 4.93. The maximum Gasteiger partial charge on any atom is 0.416 e. The summed E-state index contributed by atoms with van der Waals surface area (Å²) in [6.07, 6.45) is -3.91. The predicted molar refractivity (Wildman–Crippen MR) is 124 cm³/mol. The van der Waals surface area contributed by atoms with Crippen LogP contribution < -0.4 is 9.62 Å². The van der Waals surface area contributed by atoms with E-state index in [1.54, 1.807) is 31.2 Å². The Labute approximate surface area is 201 Å². The predicted octanol–water partition coefficient (Wildman–Crippen LogP) is 3.68. The summed E-state index contributed by atoms with van der Waals surface area (Å²) in [5.41, 5.74) is -0.749. The van der Waals surface area contributed by atoms with Crippen LogP contribution in [0.5, 0.6) is 0 Å². The Morgan fingerprint density at radius 3 is 2.26 bits per heavy atom. The molecular weight excluding hydrogens is 495 g/mol. The Bertz CT molecular complexity index is 1120. The lowest BCUT2D eigenvalue weighted by Crippen LogP contribution is -2.51. The Morgan fingerprint density at radius 1 is 1.12 bits per heavy atom. The van der Waals surface area contributed by atoms with Crippen molar-refractivity contribution in [2.45, 2.75) is 32.6 Å². The van der Waals surface area contributed by atoms with Gasteiger partial charge in [-0.05, 0) is 49.7 Å². The number of nitrogens with one attached hydrogen (secondary N) is 1. The third-order valence-corrected chi connectivity index (χ3v) is 6.32. The average Bonchev–Trinajstić information content (AvgIpc) is 2.75. The number of anilines is 1. The van der Waals surface area contributed by atoms with Gasteiger partial charge in [0.1, 0.15) is 12.6 Å². The molecule has 0 bridgehead atoms. The topological polar surface area (TPSA) is 86.8 Å². The highest BCUT2D eigenvalue weighted by atomic mass is 35.5. The molecule has 0 spiro atoms. The number of sulfonamides is 1. The van der Waals surface area contributed by atoms with Crippen LogP contribution in [0.3, 0.4) is 0 Å². The SMILES string of the molecule is CCNC(=O)C(C)N(Cc1ccc(Cl)cc1)C(=O)CN(c1cccc(C(F)(F)F)c1)S(C)(=O)=O. The maximum absolute atomic E-state index is 13.3. The zero-order chi connectivity index (χ0) is 25.7. The van der Waals surface area contributed by atoms with Crippen LogP contribution in [0.25, 0.3) is 0 Å². The first-order chi connectivity index (χ1) is 15.7. The third kappa shape index (κ3) is 7.36. The van der Waals surface area contributed by atoms with E-state index in [2.05, 4.69) is 5.32 Å². The standard InChI is InChI=1S/C22H25ClF3N3O4S/c1-4-27-21(31)15(2)28(13-16-8-10-18(23)11-9-16)20(30)14-29(34(3,32)33)19-7-5-6-17(12-19)22(24,25)26/h5-12,15H,4,13-14H2,1-3H3,(H,27,31). The summed E-state index contributed by atoms with van der Waals surface area (Å²) in [6.45, 7) is 2.65. The van der Waals surface area contributed by atoms with Gasteiger partial charge in [-0.1, -0.05) is 29.8 Å². The van der Waals surface area contributed by atoms with E-state index >= 15 is 0 Å². The Kier molecular flexibility index (Phi) is 8.96. The largest absolute Gasteiger partial charge is 0.416 e. The molecule has 2 rings (SSSR count). The van der Waals surface area contributed by atoms with Crippen molar-refractivity contribution in [2.75, 3.05) is 23.7 Å². The van der Waals surface area contributed by atoms with Gasteiger partial charge in [-0.3, -0.25) is 13.9 Å². The second-order valence-electron chi connectivity index (χ2n) is 7.54. The molecule has 186 valence electrons. The average molecular weight is 520 g/mol. The number of carbonyl (C=O) groups is 2. The molecule has 0 radical (unpaired) electrons. The molecule has 2 amide bonds. The van der Waals surface area contributed by atoms with Crippen LogP contribution in [-0.2, 0) is 32.3 Å². The van der Waals surface area contributed by atoms with Crippen LogP contribution in [0.4, 0.5) is 18.9 Å². The van der Waals surface area contributed by atoms with Crippen molar-refractivity contribution in [3.8, 4) is 0 Å². The smallest absolute Gasteiger partial charge is 0.355 e. The minimum atomic E-state index is -4.70. The quantitative estimate of drug-likeness (QED) is 0.547. The highest BCUT2D eigenvalue weighted by Gasteiger charge is 2.33. The fraction of sp³-hybridized carbons (Fsp3) is 0.364. The van der Waals surface area contributed by atoms with Gasteiger partial charge in [0.25, 0.3) is 0 Å². The number of carbonyl (C=O) groups excluding carboxylic acids is 2. The summed E-state index contributed by atoms with van der Waals surface area (Å²) in [5.74, 6) is -1.23. The number of hydrogen-bond donors (Lipinski definition) is 1. The van der Waals surface area contributed by atoms with E-state index in [0.29, 0.717) is 27.5 Å². The van der Waals surface area contributed by atoms with E-state index < -0.39 is 46.2 Å². The lowest BCUT2D eigenvalue weighted by molar-refractivity contribution is -0.139. The van der Waals surface area contributed by atoms with Gasteiger partial charge < -0.3 is 10.2 Å². The molecule has 1 N–H and O–H groups in total. The molecule has 2 aromatic rings. The summed E-state index contributed by atoms with van der Waals surface area (Å²) in [5, 5.41) is 3.07. The number of hydrogen-bond acceptors (Lipinski definition) is 4. The second-order valence-corrected chi connectivity index (χ2v) is 9.88. The Balaban J connectivity index is 2.42. The van der Waals surface area contributed by atoms with Gasteiger partial charge in [0.05, 0.1) is 17.5 Å². The summed E-state index contributed by atoms with van der Waals surface area (Å²) in [7, 11) is -4.14. The van der Waals surface area contributed by atoms with Crippen molar-refractivity contribution in [3.63, 3.8) is 0 Å². The maximum atomic E-state index is 13.3. The number of alkyl halides is 3. The summed E-state index contributed by atoms with van der Waals surface area (Å²) >= 11 is 5.90. The van der Waals surface area contributed by atoms with Gasteiger partial charge >= 0.3 is 6.18 Å². The molecule has 1 atom stereocenters. The number of nitrogens with zero attached hydrogens (tertiary/aromatic N) is 2. The van der Waals surface area contributed by atoms with E-state index in [0.717, 1.165) is 18.4 Å². The van der Waals surface area contributed by atoms with E-state index in [4.69, 9.17) is 11.6 Å². The van der Waals surface area contributed by atoms with E-state index in [-0.39, 0.29) is 12.2 Å². The number of likely N-dealkylation sites (N-methyl/N-ethyl adjacent to an activating group) is 1. The van der Waals surface area contributed by atoms with Crippen molar-refractivity contribution >= 4 is 39.1 Å². The Hall–Kier alpha value is -2.79. The molecule has 0 heterocycles. The molecule has 0 aromatic heterocycles. The first kappa shape index (κ1) is 27.5. The Morgan fingerprint density at radius 2 is 1.74 bits per heavy atom. The highest BCUT2D eigenvalue weighted by molar-refractivity contribution is 7.92. The zero-order valence-electron chi connectivity index (χ0n) is 18.8. The molecular formula is C22H25ClF3N3O4S. The van der Waals surface area contributed by atoms with Crippen LogP contribution in [0.1, 0.15) is 25.0 Å². The molecule has 1 unspecified atom stereocenters. The molecule has 0 saturated carbocycles. The van der Waals surface area contributed by atoms with Crippen LogP contribution in [-0.4, -0.2) is 50.5 Å². The van der Waals surface area contributed by atoms with Crippen molar-refractivity contribution in [1.29, 1.82) is 0 Å². The van der Waals surface area contributed by atoms with Crippen molar-refractivity contribution in [2.24, 2.45) is 0 Å². The minimum Gasteiger partial charge on any atom is -0.355 e. The normalized spacial score (nSPS) is 12.7. The van der Waals surface area contributed by atoms with Crippen molar-refractivity contribution in [1.82, 2.24) is 10.2 Å². The molecule has 0 saturated heterocycles. The van der Waals surface area contributed by atoms with Crippen molar-refractivity contribution < 1.29 is 31.2 Å². The fourth-order valence-electron chi connectivity index (χ4n) is 3.14. The van der Waals surface area contributed by atoms with Gasteiger partial charge in [-0.25, -0.2) is 8.42 Å². The first-order valence-electron chi connectivity index (χ1n) is 10.2. The molecule has 7 nitrogen and oxygen atoms in total. The van der Waals surface area contributed by atoms with Crippen molar-refractivity contribution in [3.05, 3.63) is 64.7 Å². The van der Waals surface area contributed by atoms with E-state index in [1.807, 2.05) is 0 Å². The van der Waals surface area contributed by atoms with E-state index in [1.165, 1.54) is 17.9 Å².